The van der Waals surface area contributed by atoms with E-state index in [2.05, 4.69) is 37.3 Å². The molecule has 1 unspecified atom stereocenters. The number of rotatable bonds is 4. The van der Waals surface area contributed by atoms with Gasteiger partial charge in [-0.05, 0) is 58.1 Å². The maximum Gasteiger partial charge on any atom is 0.137 e. The van der Waals surface area contributed by atoms with Gasteiger partial charge in [0.05, 0.1) is 10.5 Å². The van der Waals surface area contributed by atoms with Crippen LogP contribution in [0.1, 0.15) is 22.7 Å². The maximum atomic E-state index is 13.5. The summed E-state index contributed by atoms with van der Waals surface area (Å²) in [6.45, 7) is 2.03. The van der Waals surface area contributed by atoms with E-state index in [1.807, 2.05) is 31.2 Å². The van der Waals surface area contributed by atoms with Gasteiger partial charge in [-0.3, -0.25) is 11.3 Å². The molecule has 2 aromatic carbocycles. The van der Waals surface area contributed by atoms with E-state index in [1.54, 1.807) is 6.07 Å². The first-order valence-electron chi connectivity index (χ1n) is 6.18. The van der Waals surface area contributed by atoms with Gasteiger partial charge in [0.1, 0.15) is 5.82 Å². The molecule has 0 aromatic heterocycles. The Hall–Kier alpha value is -0.750. The zero-order chi connectivity index (χ0) is 14.7. The Morgan fingerprint density at radius 3 is 2.65 bits per heavy atom. The van der Waals surface area contributed by atoms with Crippen molar-refractivity contribution in [1.82, 2.24) is 5.43 Å². The first kappa shape index (κ1) is 15.6. The van der Waals surface area contributed by atoms with Crippen LogP contribution in [0.2, 0.25) is 0 Å². The van der Waals surface area contributed by atoms with E-state index in [0.29, 0.717) is 10.9 Å². The van der Waals surface area contributed by atoms with E-state index in [1.165, 1.54) is 6.07 Å². The van der Waals surface area contributed by atoms with Gasteiger partial charge in [-0.1, -0.05) is 40.2 Å². The Kier molecular flexibility index (Phi) is 5.32. The van der Waals surface area contributed by atoms with Gasteiger partial charge in [-0.25, -0.2) is 4.39 Å². The smallest absolute Gasteiger partial charge is 0.137 e. The highest BCUT2D eigenvalue weighted by atomic mass is 79.9. The monoisotopic (exact) mass is 400 g/mol. The standard InChI is InChI=1S/C15H15Br2FN2/c1-9-5-6-10(7-12(9)16)14(20-19)8-11-3-2-4-13(18)15(11)17/h2-7,14,20H,8,19H2,1H3. The van der Waals surface area contributed by atoms with Crippen LogP contribution in [-0.2, 0) is 6.42 Å². The molecule has 3 N–H and O–H groups in total. The Labute approximate surface area is 134 Å². The fourth-order valence-electron chi connectivity index (χ4n) is 2.02. The van der Waals surface area contributed by atoms with Gasteiger partial charge in [0.25, 0.3) is 0 Å². The van der Waals surface area contributed by atoms with Crippen molar-refractivity contribution in [2.75, 3.05) is 0 Å². The van der Waals surface area contributed by atoms with Crippen molar-refractivity contribution in [3.63, 3.8) is 0 Å². The number of hydrogen-bond donors (Lipinski definition) is 2. The van der Waals surface area contributed by atoms with E-state index in [4.69, 9.17) is 5.84 Å². The molecular formula is C15H15Br2FN2. The average molecular weight is 402 g/mol. The van der Waals surface area contributed by atoms with Crippen molar-refractivity contribution in [2.24, 2.45) is 5.84 Å². The second kappa shape index (κ2) is 6.80. The highest BCUT2D eigenvalue weighted by Crippen LogP contribution is 2.27. The number of nitrogens with two attached hydrogens (primary N) is 1. The van der Waals surface area contributed by atoms with Crippen LogP contribution >= 0.6 is 31.9 Å². The van der Waals surface area contributed by atoms with Gasteiger partial charge < -0.3 is 0 Å². The maximum absolute atomic E-state index is 13.5. The van der Waals surface area contributed by atoms with Crippen LogP contribution in [-0.4, -0.2) is 0 Å². The number of benzene rings is 2. The number of hydrazine groups is 1. The third-order valence-electron chi connectivity index (χ3n) is 3.26. The number of hydrogen-bond acceptors (Lipinski definition) is 2. The Balaban J connectivity index is 2.28. The molecule has 1 atom stereocenters. The van der Waals surface area contributed by atoms with Crippen LogP contribution in [0.15, 0.2) is 45.3 Å². The lowest BCUT2D eigenvalue weighted by molar-refractivity contribution is 0.546. The number of nitrogens with one attached hydrogen (secondary N) is 1. The topological polar surface area (TPSA) is 38.0 Å². The normalized spacial score (nSPS) is 12.4. The summed E-state index contributed by atoms with van der Waals surface area (Å²) in [6.07, 6.45) is 0.602. The van der Waals surface area contributed by atoms with E-state index in [-0.39, 0.29) is 11.9 Å². The SMILES string of the molecule is Cc1ccc(C(Cc2cccc(F)c2Br)NN)cc1Br. The molecule has 20 heavy (non-hydrogen) atoms. The molecule has 0 heterocycles. The van der Waals surface area contributed by atoms with Crippen LogP contribution in [0.3, 0.4) is 0 Å². The van der Waals surface area contributed by atoms with Crippen molar-refractivity contribution in [3.8, 4) is 0 Å². The summed E-state index contributed by atoms with van der Waals surface area (Å²) >= 11 is 6.80. The van der Waals surface area contributed by atoms with E-state index in [0.717, 1.165) is 21.2 Å². The molecule has 0 aliphatic heterocycles. The summed E-state index contributed by atoms with van der Waals surface area (Å²) in [5.74, 6) is 5.39. The van der Waals surface area contributed by atoms with Crippen molar-refractivity contribution in [1.29, 1.82) is 0 Å². The fourth-order valence-corrected chi connectivity index (χ4v) is 2.85. The summed E-state index contributed by atoms with van der Waals surface area (Å²) in [6, 6.07) is 11.0. The van der Waals surface area contributed by atoms with Crippen molar-refractivity contribution in [2.45, 2.75) is 19.4 Å². The predicted molar refractivity (Wildman–Crippen MR) is 86.7 cm³/mol. The van der Waals surface area contributed by atoms with Crippen LogP contribution < -0.4 is 11.3 Å². The minimum absolute atomic E-state index is 0.0787. The molecule has 2 rings (SSSR count). The average Bonchev–Trinajstić information content (AvgIpc) is 2.44. The third kappa shape index (κ3) is 3.47. The van der Waals surface area contributed by atoms with E-state index < -0.39 is 0 Å². The minimum atomic E-state index is -0.261. The van der Waals surface area contributed by atoms with Crippen molar-refractivity contribution in [3.05, 3.63) is 67.9 Å². The lowest BCUT2D eigenvalue weighted by Crippen LogP contribution is -2.29. The number of aryl methyl sites for hydroxylation is 1. The summed E-state index contributed by atoms with van der Waals surface area (Å²) in [5, 5.41) is 0. The van der Waals surface area contributed by atoms with E-state index in [9.17, 15) is 4.39 Å². The van der Waals surface area contributed by atoms with Gasteiger partial charge in [-0.15, -0.1) is 0 Å². The Morgan fingerprint density at radius 1 is 1.25 bits per heavy atom. The van der Waals surface area contributed by atoms with Crippen LogP contribution in [0.5, 0.6) is 0 Å². The second-order valence-electron chi connectivity index (χ2n) is 4.64. The molecular weight excluding hydrogens is 387 g/mol. The highest BCUT2D eigenvalue weighted by Gasteiger charge is 2.14. The Bertz CT molecular complexity index is 617. The highest BCUT2D eigenvalue weighted by molar-refractivity contribution is 9.10. The van der Waals surface area contributed by atoms with Crippen LogP contribution in [0.25, 0.3) is 0 Å². The van der Waals surface area contributed by atoms with Crippen LogP contribution in [0, 0.1) is 12.7 Å². The van der Waals surface area contributed by atoms with Gasteiger partial charge >= 0.3 is 0 Å². The third-order valence-corrected chi connectivity index (χ3v) is 5.00. The predicted octanol–water partition coefficient (Wildman–Crippen LogP) is 4.41. The summed E-state index contributed by atoms with van der Waals surface area (Å²) in [5.41, 5.74) is 5.90. The molecule has 2 nitrogen and oxygen atoms in total. The van der Waals surface area contributed by atoms with Crippen LogP contribution in [0.4, 0.5) is 4.39 Å². The van der Waals surface area contributed by atoms with Gasteiger partial charge in [0.2, 0.25) is 0 Å². The molecule has 0 amide bonds. The fraction of sp³-hybridized carbons (Fsp3) is 0.200. The van der Waals surface area contributed by atoms with Gasteiger partial charge in [0.15, 0.2) is 0 Å². The second-order valence-corrected chi connectivity index (χ2v) is 6.29. The first-order chi connectivity index (χ1) is 9.52. The van der Waals surface area contributed by atoms with Gasteiger partial charge in [-0.2, -0.15) is 0 Å². The van der Waals surface area contributed by atoms with E-state index >= 15 is 0 Å². The molecule has 0 bridgehead atoms. The lowest BCUT2D eigenvalue weighted by Gasteiger charge is -2.18. The summed E-state index contributed by atoms with van der Waals surface area (Å²) < 4.78 is 15.1. The molecule has 0 fully saturated rings. The molecule has 0 spiro atoms. The Morgan fingerprint density at radius 2 is 2.00 bits per heavy atom. The number of halogens is 3. The molecule has 0 saturated heterocycles. The molecule has 5 heteroatoms. The van der Waals surface area contributed by atoms with Gasteiger partial charge in [0, 0.05) is 4.47 Å². The lowest BCUT2D eigenvalue weighted by atomic mass is 9.98. The molecule has 0 radical (unpaired) electrons. The van der Waals surface area contributed by atoms with Crippen molar-refractivity contribution < 1.29 is 4.39 Å². The minimum Gasteiger partial charge on any atom is -0.271 e. The molecule has 0 aliphatic carbocycles. The zero-order valence-corrected chi connectivity index (χ0v) is 14.1. The largest absolute Gasteiger partial charge is 0.271 e. The summed E-state index contributed by atoms with van der Waals surface area (Å²) in [7, 11) is 0. The molecule has 0 aliphatic rings. The zero-order valence-electron chi connectivity index (χ0n) is 11.0. The summed E-state index contributed by atoms with van der Waals surface area (Å²) in [4.78, 5) is 0. The molecule has 2 aromatic rings. The quantitative estimate of drug-likeness (QED) is 0.588. The van der Waals surface area contributed by atoms with Crippen molar-refractivity contribution >= 4 is 31.9 Å². The molecule has 106 valence electrons. The first-order valence-corrected chi connectivity index (χ1v) is 7.76. The molecule has 0 saturated carbocycles.